The number of ether oxygens (including phenoxy) is 3. The van der Waals surface area contributed by atoms with Gasteiger partial charge in [0.1, 0.15) is 12.2 Å². The lowest BCUT2D eigenvalue weighted by Gasteiger charge is -2.09. The third-order valence-corrected chi connectivity index (χ3v) is 3.40. The van der Waals surface area contributed by atoms with Gasteiger partial charge in [-0.3, -0.25) is 0 Å². The quantitative estimate of drug-likeness (QED) is 0.764. The number of esters is 1. The molecule has 0 atom stereocenters. The number of carbonyl (C=O) groups is 1. The average Bonchev–Trinajstić information content (AvgIpc) is 2.81. The van der Waals surface area contributed by atoms with E-state index >= 15 is 0 Å². The zero-order valence-corrected chi connectivity index (χ0v) is 13.6. The van der Waals surface area contributed by atoms with Crippen LogP contribution in [0.5, 0.6) is 11.5 Å². The minimum atomic E-state index is -0.464. The molecule has 6 heteroatoms. The minimum Gasteiger partial charge on any atom is -0.493 e. The number of aryl methyl sites for hydroxylation is 1. The lowest BCUT2D eigenvalue weighted by Crippen LogP contribution is -2.20. The van der Waals surface area contributed by atoms with E-state index in [0.717, 1.165) is 10.9 Å². The van der Waals surface area contributed by atoms with E-state index in [9.17, 15) is 4.79 Å². The molecule has 1 aromatic heterocycles. The summed E-state index contributed by atoms with van der Waals surface area (Å²) in [4.78, 5) is 14.1. The smallest absolute Gasteiger partial charge is 0.374 e. The molecule has 22 heavy (non-hydrogen) atoms. The molecule has 2 rings (SSSR count). The molecule has 0 spiro atoms. The Balaban J connectivity index is 2.31. The van der Waals surface area contributed by atoms with E-state index in [1.54, 1.807) is 26.4 Å². The van der Waals surface area contributed by atoms with Crippen LogP contribution in [0, 0.1) is 6.92 Å². The number of rotatable bonds is 6. The predicted octanol–water partition coefficient (Wildman–Crippen LogP) is 2.48. The summed E-state index contributed by atoms with van der Waals surface area (Å²) < 4.78 is 21.4. The molecule has 2 aromatic rings. The molecular weight excluding hydrogens is 286 g/mol. The van der Waals surface area contributed by atoms with Crippen molar-refractivity contribution in [2.24, 2.45) is 0 Å². The molecular formula is C16H21NO5. The number of fused-ring (bicyclic) bond motifs is 1. The van der Waals surface area contributed by atoms with Gasteiger partial charge in [-0.05, 0) is 27.1 Å². The lowest BCUT2D eigenvalue weighted by atomic mass is 10.1. The SMILES string of the molecule is COc1cc2oc(C(=O)OCCN(C)C)c(C)c2cc1OC. The van der Waals surface area contributed by atoms with Crippen LogP contribution in [0.25, 0.3) is 11.0 Å². The van der Waals surface area contributed by atoms with Crippen molar-refractivity contribution in [3.8, 4) is 11.5 Å². The topological polar surface area (TPSA) is 61.1 Å². The molecule has 0 fully saturated rings. The molecule has 0 radical (unpaired) electrons. The number of methoxy groups -OCH3 is 2. The number of benzene rings is 1. The highest BCUT2D eigenvalue weighted by molar-refractivity contribution is 5.96. The van der Waals surface area contributed by atoms with Gasteiger partial charge in [-0.1, -0.05) is 0 Å². The average molecular weight is 307 g/mol. The maximum Gasteiger partial charge on any atom is 0.374 e. The van der Waals surface area contributed by atoms with Crippen molar-refractivity contribution < 1.29 is 23.4 Å². The summed E-state index contributed by atoms with van der Waals surface area (Å²) in [5.74, 6) is 0.889. The first-order valence-corrected chi connectivity index (χ1v) is 6.95. The fraction of sp³-hybridized carbons (Fsp3) is 0.438. The van der Waals surface area contributed by atoms with E-state index in [2.05, 4.69) is 0 Å². The molecule has 0 N–H and O–H groups in total. The molecule has 0 aliphatic rings. The minimum absolute atomic E-state index is 0.212. The van der Waals surface area contributed by atoms with Gasteiger partial charge in [-0.2, -0.15) is 0 Å². The van der Waals surface area contributed by atoms with Gasteiger partial charge in [0.25, 0.3) is 0 Å². The summed E-state index contributed by atoms with van der Waals surface area (Å²) in [6, 6.07) is 3.50. The number of nitrogens with zero attached hydrogens (tertiary/aromatic N) is 1. The van der Waals surface area contributed by atoms with Crippen molar-refractivity contribution >= 4 is 16.9 Å². The normalized spacial score (nSPS) is 11.0. The molecule has 1 heterocycles. The number of hydrogen-bond acceptors (Lipinski definition) is 6. The Morgan fingerprint density at radius 1 is 1.18 bits per heavy atom. The molecule has 0 saturated heterocycles. The molecule has 0 aliphatic heterocycles. The Labute approximate surface area is 129 Å². The second-order valence-corrected chi connectivity index (χ2v) is 5.20. The van der Waals surface area contributed by atoms with Crippen molar-refractivity contribution in [2.75, 3.05) is 41.5 Å². The Kier molecular flexibility index (Phi) is 4.92. The first-order valence-electron chi connectivity index (χ1n) is 6.95. The molecule has 120 valence electrons. The summed E-state index contributed by atoms with van der Waals surface area (Å²) in [5, 5.41) is 0.803. The third-order valence-electron chi connectivity index (χ3n) is 3.40. The summed E-state index contributed by atoms with van der Waals surface area (Å²) in [6.45, 7) is 2.79. The van der Waals surface area contributed by atoms with Crippen molar-refractivity contribution in [3.05, 3.63) is 23.5 Å². The number of carbonyl (C=O) groups excluding carboxylic acids is 1. The van der Waals surface area contributed by atoms with Crippen molar-refractivity contribution in [2.45, 2.75) is 6.92 Å². The van der Waals surface area contributed by atoms with Gasteiger partial charge in [0.15, 0.2) is 11.5 Å². The van der Waals surface area contributed by atoms with Crippen molar-refractivity contribution in [1.82, 2.24) is 4.90 Å². The van der Waals surface area contributed by atoms with E-state index in [1.807, 2.05) is 25.9 Å². The second kappa shape index (κ2) is 6.70. The molecule has 0 saturated carbocycles. The summed E-state index contributed by atoms with van der Waals surface area (Å²) in [5.41, 5.74) is 1.29. The van der Waals surface area contributed by atoms with E-state index in [4.69, 9.17) is 18.6 Å². The van der Waals surface area contributed by atoms with Gasteiger partial charge in [0.2, 0.25) is 5.76 Å². The maximum atomic E-state index is 12.1. The fourth-order valence-corrected chi connectivity index (χ4v) is 2.13. The van der Waals surface area contributed by atoms with Crippen LogP contribution >= 0.6 is 0 Å². The third kappa shape index (κ3) is 3.17. The predicted molar refractivity (Wildman–Crippen MR) is 82.9 cm³/mol. The van der Waals surface area contributed by atoms with Crippen molar-refractivity contribution in [3.63, 3.8) is 0 Å². The van der Waals surface area contributed by atoms with Crippen LogP contribution in [0.4, 0.5) is 0 Å². The standard InChI is InChI=1S/C16H21NO5/c1-10-11-8-13(19-4)14(20-5)9-12(11)22-15(10)16(18)21-7-6-17(2)3/h8-9H,6-7H2,1-5H3. The Morgan fingerprint density at radius 2 is 1.82 bits per heavy atom. The van der Waals surface area contributed by atoms with E-state index < -0.39 is 5.97 Å². The van der Waals surface area contributed by atoms with E-state index in [1.165, 1.54) is 0 Å². The summed E-state index contributed by atoms with van der Waals surface area (Å²) >= 11 is 0. The molecule has 0 aliphatic carbocycles. The van der Waals surface area contributed by atoms with Crippen LogP contribution in [-0.2, 0) is 4.74 Å². The summed E-state index contributed by atoms with van der Waals surface area (Å²) in [7, 11) is 6.95. The van der Waals surface area contributed by atoms with Gasteiger partial charge >= 0.3 is 5.97 Å². The largest absolute Gasteiger partial charge is 0.493 e. The maximum absolute atomic E-state index is 12.1. The highest BCUT2D eigenvalue weighted by Crippen LogP contribution is 2.36. The molecule has 0 bridgehead atoms. The highest BCUT2D eigenvalue weighted by Gasteiger charge is 2.21. The van der Waals surface area contributed by atoms with Gasteiger partial charge in [0.05, 0.1) is 14.2 Å². The number of likely N-dealkylation sites (N-methyl/N-ethyl adjacent to an activating group) is 1. The monoisotopic (exact) mass is 307 g/mol. The molecule has 0 amide bonds. The Hall–Kier alpha value is -2.21. The van der Waals surface area contributed by atoms with Crippen LogP contribution < -0.4 is 9.47 Å². The van der Waals surface area contributed by atoms with Gasteiger partial charge in [-0.25, -0.2) is 4.79 Å². The van der Waals surface area contributed by atoms with Crippen LogP contribution in [0.2, 0.25) is 0 Å². The van der Waals surface area contributed by atoms with E-state index in [0.29, 0.717) is 30.2 Å². The first-order chi connectivity index (χ1) is 10.5. The highest BCUT2D eigenvalue weighted by atomic mass is 16.5. The molecule has 1 aromatic carbocycles. The van der Waals surface area contributed by atoms with Crippen LogP contribution in [0.3, 0.4) is 0 Å². The van der Waals surface area contributed by atoms with Gasteiger partial charge in [-0.15, -0.1) is 0 Å². The zero-order chi connectivity index (χ0) is 16.3. The second-order valence-electron chi connectivity index (χ2n) is 5.20. The van der Waals surface area contributed by atoms with Gasteiger partial charge < -0.3 is 23.5 Å². The number of hydrogen-bond donors (Lipinski definition) is 0. The van der Waals surface area contributed by atoms with Crippen LogP contribution in [0.15, 0.2) is 16.5 Å². The van der Waals surface area contributed by atoms with Crippen molar-refractivity contribution in [1.29, 1.82) is 0 Å². The first kappa shape index (κ1) is 16.2. The zero-order valence-electron chi connectivity index (χ0n) is 13.6. The Bertz CT molecular complexity index is 675. The van der Waals surface area contributed by atoms with Gasteiger partial charge in [0, 0.05) is 23.6 Å². The Morgan fingerprint density at radius 3 is 2.41 bits per heavy atom. The fourth-order valence-electron chi connectivity index (χ4n) is 2.13. The number of furan rings is 1. The van der Waals surface area contributed by atoms with Crippen LogP contribution in [-0.4, -0.2) is 52.3 Å². The summed E-state index contributed by atoms with van der Waals surface area (Å²) in [6.07, 6.45) is 0. The molecule has 0 unspecified atom stereocenters. The molecule has 6 nitrogen and oxygen atoms in total. The van der Waals surface area contributed by atoms with E-state index in [-0.39, 0.29) is 5.76 Å². The lowest BCUT2D eigenvalue weighted by molar-refractivity contribution is 0.0447. The van der Waals surface area contributed by atoms with Crippen LogP contribution in [0.1, 0.15) is 16.1 Å².